The number of sulfonamides is 1. The highest BCUT2D eigenvalue weighted by Gasteiger charge is 2.26. The molecule has 0 aromatic heterocycles. The van der Waals surface area contributed by atoms with Gasteiger partial charge in [-0.1, -0.05) is 42.0 Å². The molecule has 0 aliphatic carbocycles. The van der Waals surface area contributed by atoms with E-state index in [0.29, 0.717) is 18.0 Å². The minimum Gasteiger partial charge on any atom is -0.492 e. The molecule has 2 aromatic rings. The molecule has 9 heteroatoms. The van der Waals surface area contributed by atoms with Crippen molar-refractivity contribution in [2.45, 2.75) is 46.2 Å². The van der Waals surface area contributed by atoms with Crippen LogP contribution in [0, 0.1) is 6.92 Å². The average molecular weight is 490 g/mol. The van der Waals surface area contributed by atoms with E-state index in [2.05, 4.69) is 5.32 Å². The second kappa shape index (κ2) is 12.4. The Morgan fingerprint density at radius 1 is 1.12 bits per heavy atom. The summed E-state index contributed by atoms with van der Waals surface area (Å²) in [6, 6.07) is 14.0. The van der Waals surface area contributed by atoms with E-state index < -0.39 is 16.1 Å². The fraction of sp³-hybridized carbons (Fsp3) is 0.440. The lowest BCUT2D eigenvalue weighted by Crippen LogP contribution is -2.46. The Hall–Kier alpha value is -3.07. The highest BCUT2D eigenvalue weighted by Crippen LogP contribution is 2.30. The quantitative estimate of drug-likeness (QED) is 0.494. The van der Waals surface area contributed by atoms with Gasteiger partial charge in [-0.3, -0.25) is 13.9 Å². The van der Waals surface area contributed by atoms with Crippen molar-refractivity contribution in [3.05, 3.63) is 59.7 Å². The number of ether oxygens (including phenoxy) is 1. The first-order chi connectivity index (χ1) is 16.1. The number of benzene rings is 2. The van der Waals surface area contributed by atoms with Gasteiger partial charge in [0.05, 0.1) is 18.6 Å². The molecule has 0 radical (unpaired) electrons. The standard InChI is InChI=1S/C25H35N3O5S/c1-6-33-23-14-8-7-13-22(23)28(34(5,31)32)16-10-15-24(29)27(20(3)25(30)26-4)18-21-12-9-11-19(2)17-21/h7-9,11-14,17,20H,6,10,15-16,18H2,1-5H3,(H,26,30)/t20-/m1/s1. The third-order valence-corrected chi connectivity index (χ3v) is 6.62. The van der Waals surface area contributed by atoms with E-state index in [0.717, 1.165) is 17.4 Å². The molecule has 0 heterocycles. The molecule has 2 rings (SSSR count). The number of amides is 2. The van der Waals surface area contributed by atoms with Crippen LogP contribution in [0.25, 0.3) is 0 Å². The smallest absolute Gasteiger partial charge is 0.242 e. The number of likely N-dealkylation sites (N-methyl/N-ethyl adjacent to an activating group) is 1. The van der Waals surface area contributed by atoms with Gasteiger partial charge >= 0.3 is 0 Å². The summed E-state index contributed by atoms with van der Waals surface area (Å²) < 4.78 is 31.9. The lowest BCUT2D eigenvalue weighted by molar-refractivity contribution is -0.140. The van der Waals surface area contributed by atoms with Crippen LogP contribution in [-0.4, -0.2) is 57.6 Å². The summed E-state index contributed by atoms with van der Waals surface area (Å²) in [5.74, 6) is -0.00961. The van der Waals surface area contributed by atoms with Gasteiger partial charge in [0, 0.05) is 26.6 Å². The summed E-state index contributed by atoms with van der Waals surface area (Å²) in [7, 11) is -2.06. The van der Waals surface area contributed by atoms with Crippen LogP contribution < -0.4 is 14.4 Å². The molecule has 0 aliphatic rings. The van der Waals surface area contributed by atoms with Crippen molar-refractivity contribution in [1.29, 1.82) is 0 Å². The molecule has 2 amide bonds. The van der Waals surface area contributed by atoms with Crippen molar-refractivity contribution in [3.63, 3.8) is 0 Å². The zero-order valence-corrected chi connectivity index (χ0v) is 21.4. The number of hydrogen-bond donors (Lipinski definition) is 1. The van der Waals surface area contributed by atoms with Crippen LogP contribution in [0.1, 0.15) is 37.8 Å². The second-order valence-electron chi connectivity index (χ2n) is 8.14. The number of aryl methyl sites for hydroxylation is 1. The van der Waals surface area contributed by atoms with Crippen molar-refractivity contribution in [2.24, 2.45) is 0 Å². The van der Waals surface area contributed by atoms with E-state index in [1.54, 1.807) is 31.2 Å². The summed E-state index contributed by atoms with van der Waals surface area (Å²) in [6.07, 6.45) is 1.52. The molecule has 1 atom stereocenters. The van der Waals surface area contributed by atoms with Crippen LogP contribution in [0.4, 0.5) is 5.69 Å². The van der Waals surface area contributed by atoms with Crippen LogP contribution in [0.2, 0.25) is 0 Å². The van der Waals surface area contributed by atoms with Crippen LogP contribution in [0.15, 0.2) is 48.5 Å². The lowest BCUT2D eigenvalue weighted by atomic mass is 10.1. The fourth-order valence-electron chi connectivity index (χ4n) is 3.72. The summed E-state index contributed by atoms with van der Waals surface area (Å²) in [5, 5.41) is 2.60. The number of rotatable bonds is 12. The number of anilines is 1. The molecular formula is C25H35N3O5S. The van der Waals surface area contributed by atoms with Crippen molar-refractivity contribution in [3.8, 4) is 5.75 Å². The molecular weight excluding hydrogens is 454 g/mol. The number of para-hydroxylation sites is 2. The molecule has 8 nitrogen and oxygen atoms in total. The van der Waals surface area contributed by atoms with Crippen molar-refractivity contribution < 1.29 is 22.7 Å². The second-order valence-corrected chi connectivity index (χ2v) is 10.0. The Kier molecular flexibility index (Phi) is 9.92. The van der Waals surface area contributed by atoms with Gasteiger partial charge in [0.2, 0.25) is 21.8 Å². The predicted octanol–water partition coefficient (Wildman–Crippen LogP) is 3.10. The first-order valence-corrected chi connectivity index (χ1v) is 13.2. The van der Waals surface area contributed by atoms with E-state index >= 15 is 0 Å². The molecule has 34 heavy (non-hydrogen) atoms. The topological polar surface area (TPSA) is 96.0 Å². The van der Waals surface area contributed by atoms with Gasteiger partial charge in [-0.25, -0.2) is 8.42 Å². The monoisotopic (exact) mass is 489 g/mol. The minimum absolute atomic E-state index is 0.0932. The summed E-state index contributed by atoms with van der Waals surface area (Å²) in [5.41, 5.74) is 2.43. The highest BCUT2D eigenvalue weighted by molar-refractivity contribution is 7.92. The Labute approximate surface area is 202 Å². The third kappa shape index (κ3) is 7.48. The maximum Gasteiger partial charge on any atom is 0.242 e. The number of nitrogens with zero attached hydrogens (tertiary/aromatic N) is 2. The first kappa shape index (κ1) is 27.2. The van der Waals surface area contributed by atoms with Crippen LogP contribution in [-0.2, 0) is 26.2 Å². The fourth-order valence-corrected chi connectivity index (χ4v) is 4.69. The van der Waals surface area contributed by atoms with Gasteiger partial charge < -0.3 is 15.0 Å². The van der Waals surface area contributed by atoms with Crippen molar-refractivity contribution in [2.75, 3.05) is 30.8 Å². The SMILES string of the molecule is CCOc1ccccc1N(CCCC(=O)N(Cc1cccc(C)c1)[C@H](C)C(=O)NC)S(C)(=O)=O. The molecule has 0 unspecified atom stereocenters. The van der Waals surface area contributed by atoms with E-state index in [-0.39, 0.29) is 37.7 Å². The zero-order valence-electron chi connectivity index (χ0n) is 20.6. The van der Waals surface area contributed by atoms with Gasteiger partial charge in [-0.2, -0.15) is 0 Å². The number of carbonyl (C=O) groups excluding carboxylic acids is 2. The van der Waals surface area contributed by atoms with E-state index in [4.69, 9.17) is 4.74 Å². The molecule has 0 saturated carbocycles. The van der Waals surface area contributed by atoms with E-state index in [9.17, 15) is 18.0 Å². The number of nitrogens with one attached hydrogen (secondary N) is 1. The number of hydrogen-bond acceptors (Lipinski definition) is 5. The van der Waals surface area contributed by atoms with E-state index in [1.807, 2.05) is 38.1 Å². The Morgan fingerprint density at radius 2 is 1.82 bits per heavy atom. The summed E-state index contributed by atoms with van der Waals surface area (Å²) in [6.45, 7) is 6.29. The van der Waals surface area contributed by atoms with Crippen molar-refractivity contribution >= 4 is 27.5 Å². The molecule has 0 saturated heterocycles. The average Bonchev–Trinajstić information content (AvgIpc) is 2.79. The first-order valence-electron chi connectivity index (χ1n) is 11.3. The van der Waals surface area contributed by atoms with E-state index in [1.165, 1.54) is 16.3 Å². The van der Waals surface area contributed by atoms with Gasteiger partial charge in [-0.05, 0) is 44.9 Å². The maximum atomic E-state index is 13.2. The Balaban J connectivity index is 2.18. The molecule has 186 valence electrons. The molecule has 0 bridgehead atoms. The molecule has 1 N–H and O–H groups in total. The molecule has 0 spiro atoms. The summed E-state index contributed by atoms with van der Waals surface area (Å²) >= 11 is 0. The van der Waals surface area contributed by atoms with Gasteiger partial charge in [-0.15, -0.1) is 0 Å². The normalized spacial score (nSPS) is 12.0. The number of carbonyl (C=O) groups is 2. The van der Waals surface area contributed by atoms with Gasteiger partial charge in [0.15, 0.2) is 0 Å². The predicted molar refractivity (Wildman–Crippen MR) is 134 cm³/mol. The van der Waals surface area contributed by atoms with Crippen molar-refractivity contribution in [1.82, 2.24) is 10.2 Å². The van der Waals surface area contributed by atoms with Gasteiger partial charge in [0.1, 0.15) is 11.8 Å². The largest absolute Gasteiger partial charge is 0.492 e. The van der Waals surface area contributed by atoms with Crippen LogP contribution in [0.5, 0.6) is 5.75 Å². The molecule has 0 aliphatic heterocycles. The van der Waals surface area contributed by atoms with Crippen LogP contribution >= 0.6 is 0 Å². The molecule has 0 fully saturated rings. The minimum atomic E-state index is -3.60. The highest BCUT2D eigenvalue weighted by atomic mass is 32.2. The third-order valence-electron chi connectivity index (χ3n) is 5.44. The zero-order chi connectivity index (χ0) is 25.3. The lowest BCUT2D eigenvalue weighted by Gasteiger charge is -2.29. The summed E-state index contributed by atoms with van der Waals surface area (Å²) in [4.78, 5) is 27.0. The van der Waals surface area contributed by atoms with Gasteiger partial charge in [0.25, 0.3) is 0 Å². The van der Waals surface area contributed by atoms with Crippen LogP contribution in [0.3, 0.4) is 0 Å². The molecule has 2 aromatic carbocycles. The Bertz CT molecular complexity index is 1090. The Morgan fingerprint density at radius 3 is 2.44 bits per heavy atom. The maximum absolute atomic E-state index is 13.2.